The van der Waals surface area contributed by atoms with Crippen LogP contribution in [0.2, 0.25) is 0 Å². The van der Waals surface area contributed by atoms with Crippen molar-refractivity contribution in [1.29, 1.82) is 0 Å². The van der Waals surface area contributed by atoms with Crippen LogP contribution in [0.25, 0.3) is 0 Å². The van der Waals surface area contributed by atoms with Crippen LogP contribution in [0.5, 0.6) is 0 Å². The number of hydrogen-bond acceptors (Lipinski definition) is 3. The van der Waals surface area contributed by atoms with Crippen LogP contribution >= 0.6 is 0 Å². The Hall–Kier alpha value is -1.56. The highest BCUT2D eigenvalue weighted by molar-refractivity contribution is 5.94. The van der Waals surface area contributed by atoms with E-state index in [9.17, 15) is 9.59 Å². The molecule has 94 valence electrons. The Morgan fingerprint density at radius 1 is 1.41 bits per heavy atom. The second-order valence-electron chi connectivity index (χ2n) is 4.54. The molecule has 0 saturated heterocycles. The first-order valence-corrected chi connectivity index (χ1v) is 5.62. The van der Waals surface area contributed by atoms with E-state index < -0.39 is 11.6 Å². The van der Waals surface area contributed by atoms with Gasteiger partial charge in [-0.25, -0.2) is 0 Å². The average molecular weight is 236 g/mol. The van der Waals surface area contributed by atoms with Gasteiger partial charge in [0.05, 0.1) is 0 Å². The van der Waals surface area contributed by atoms with Crippen LogP contribution in [0.1, 0.15) is 46.5 Å². The summed E-state index contributed by atoms with van der Waals surface area (Å²) in [5.74, 6) is 1.68. The topological polar surface area (TPSA) is 43.4 Å². The van der Waals surface area contributed by atoms with Crippen molar-refractivity contribution in [2.24, 2.45) is 0 Å². The summed E-state index contributed by atoms with van der Waals surface area (Å²) in [5, 5.41) is 0. The first-order chi connectivity index (χ1) is 7.79. The Balaban J connectivity index is 4.28. The number of Topliss-reactive ketones (excluding diaryl/α,β-unsaturated/α-hetero) is 1. The van der Waals surface area contributed by atoms with Crippen molar-refractivity contribution in [2.45, 2.75) is 52.1 Å². The summed E-state index contributed by atoms with van der Waals surface area (Å²) in [6, 6.07) is 0. The summed E-state index contributed by atoms with van der Waals surface area (Å²) >= 11 is 0. The summed E-state index contributed by atoms with van der Waals surface area (Å²) in [4.78, 5) is 22.1. The highest BCUT2D eigenvalue weighted by Gasteiger charge is 2.26. The van der Waals surface area contributed by atoms with Crippen molar-refractivity contribution in [3.05, 3.63) is 12.2 Å². The third kappa shape index (κ3) is 7.35. The van der Waals surface area contributed by atoms with Gasteiger partial charge >= 0.3 is 5.97 Å². The first-order valence-electron chi connectivity index (χ1n) is 5.62. The SMILES string of the molecule is C#CC(C)(CCCC(=C)C)OC(=O)CC(C)=O. The lowest BCUT2D eigenvalue weighted by atomic mass is 9.98. The second-order valence-corrected chi connectivity index (χ2v) is 4.54. The second kappa shape index (κ2) is 6.90. The van der Waals surface area contributed by atoms with Crippen molar-refractivity contribution in [3.63, 3.8) is 0 Å². The van der Waals surface area contributed by atoms with Crippen LogP contribution in [0.4, 0.5) is 0 Å². The zero-order valence-corrected chi connectivity index (χ0v) is 10.8. The number of esters is 1. The predicted molar refractivity (Wildman–Crippen MR) is 67.3 cm³/mol. The Labute approximate surface area is 103 Å². The third-order valence-corrected chi connectivity index (χ3v) is 2.30. The molecular formula is C14H20O3. The molecule has 0 aliphatic rings. The lowest BCUT2D eigenvalue weighted by Gasteiger charge is -2.23. The standard InChI is InChI=1S/C14H20O3/c1-6-14(5,9-7-8-11(2)3)17-13(16)10-12(4)15/h1H,2,7-10H2,3-5H3. The number of ketones is 1. The molecule has 0 aliphatic heterocycles. The maximum absolute atomic E-state index is 11.4. The van der Waals surface area contributed by atoms with E-state index in [1.165, 1.54) is 6.92 Å². The van der Waals surface area contributed by atoms with Gasteiger partial charge in [0.1, 0.15) is 12.2 Å². The summed E-state index contributed by atoms with van der Waals surface area (Å²) in [7, 11) is 0. The van der Waals surface area contributed by atoms with Crippen molar-refractivity contribution < 1.29 is 14.3 Å². The molecule has 0 amide bonds. The number of allylic oxidation sites excluding steroid dienone is 1. The van der Waals surface area contributed by atoms with E-state index in [1.54, 1.807) is 6.92 Å². The van der Waals surface area contributed by atoms with Crippen LogP contribution in [-0.2, 0) is 14.3 Å². The fraction of sp³-hybridized carbons (Fsp3) is 0.571. The van der Waals surface area contributed by atoms with Crippen LogP contribution in [-0.4, -0.2) is 17.4 Å². The minimum absolute atomic E-state index is 0.224. The Kier molecular flexibility index (Phi) is 6.27. The van der Waals surface area contributed by atoms with E-state index in [0.29, 0.717) is 6.42 Å². The quantitative estimate of drug-likeness (QED) is 0.295. The minimum atomic E-state index is -0.929. The molecule has 0 N–H and O–H groups in total. The van der Waals surface area contributed by atoms with Crippen LogP contribution in [0.3, 0.4) is 0 Å². The molecule has 0 radical (unpaired) electrons. The number of carbonyl (C=O) groups is 2. The molecule has 0 bridgehead atoms. The van der Waals surface area contributed by atoms with Gasteiger partial charge in [0.25, 0.3) is 0 Å². The maximum Gasteiger partial charge on any atom is 0.314 e. The molecule has 3 heteroatoms. The van der Waals surface area contributed by atoms with Gasteiger partial charge in [-0.1, -0.05) is 11.5 Å². The molecule has 0 rings (SSSR count). The molecule has 1 atom stereocenters. The van der Waals surface area contributed by atoms with Gasteiger partial charge in [-0.3, -0.25) is 9.59 Å². The van der Waals surface area contributed by atoms with E-state index in [-0.39, 0.29) is 12.2 Å². The average Bonchev–Trinajstić information content (AvgIpc) is 2.15. The molecule has 1 unspecified atom stereocenters. The van der Waals surface area contributed by atoms with E-state index in [2.05, 4.69) is 12.5 Å². The number of hydrogen-bond donors (Lipinski definition) is 0. The van der Waals surface area contributed by atoms with Gasteiger partial charge in [-0.15, -0.1) is 13.0 Å². The Morgan fingerprint density at radius 2 is 2.00 bits per heavy atom. The Morgan fingerprint density at radius 3 is 2.41 bits per heavy atom. The number of carbonyl (C=O) groups excluding carboxylic acids is 2. The number of terminal acetylenes is 1. The molecule has 0 aromatic carbocycles. The van der Waals surface area contributed by atoms with E-state index in [0.717, 1.165) is 18.4 Å². The number of rotatable bonds is 7. The predicted octanol–water partition coefficient (Wildman–Crippen LogP) is 2.65. The lowest BCUT2D eigenvalue weighted by molar-refractivity contribution is -0.154. The van der Waals surface area contributed by atoms with Crippen LogP contribution in [0.15, 0.2) is 12.2 Å². The monoisotopic (exact) mass is 236 g/mol. The van der Waals surface area contributed by atoms with Gasteiger partial charge in [-0.05, 0) is 40.0 Å². The van der Waals surface area contributed by atoms with Gasteiger partial charge in [0.2, 0.25) is 0 Å². The summed E-state index contributed by atoms with van der Waals surface area (Å²) in [6.45, 7) is 8.76. The normalized spacial score (nSPS) is 13.3. The molecule has 0 spiro atoms. The maximum atomic E-state index is 11.4. The minimum Gasteiger partial charge on any atom is -0.446 e. The van der Waals surface area contributed by atoms with Crippen molar-refractivity contribution in [2.75, 3.05) is 0 Å². The van der Waals surface area contributed by atoms with E-state index >= 15 is 0 Å². The molecule has 0 aromatic rings. The zero-order chi connectivity index (χ0) is 13.5. The van der Waals surface area contributed by atoms with Gasteiger partial charge < -0.3 is 4.74 Å². The summed E-state index contributed by atoms with van der Waals surface area (Å²) in [5.41, 5.74) is 0.140. The summed E-state index contributed by atoms with van der Waals surface area (Å²) in [6.07, 6.45) is 7.37. The molecule has 3 nitrogen and oxygen atoms in total. The molecular weight excluding hydrogens is 216 g/mol. The molecule has 0 aliphatic carbocycles. The smallest absolute Gasteiger partial charge is 0.314 e. The molecule has 0 aromatic heterocycles. The van der Waals surface area contributed by atoms with Crippen LogP contribution in [0, 0.1) is 12.3 Å². The van der Waals surface area contributed by atoms with Crippen molar-refractivity contribution >= 4 is 11.8 Å². The van der Waals surface area contributed by atoms with E-state index in [4.69, 9.17) is 11.2 Å². The van der Waals surface area contributed by atoms with Crippen LogP contribution < -0.4 is 0 Å². The van der Waals surface area contributed by atoms with Gasteiger partial charge in [0, 0.05) is 0 Å². The lowest BCUT2D eigenvalue weighted by Crippen LogP contribution is -2.30. The molecule has 17 heavy (non-hydrogen) atoms. The summed E-state index contributed by atoms with van der Waals surface area (Å²) < 4.78 is 5.15. The van der Waals surface area contributed by atoms with Gasteiger partial charge in [-0.2, -0.15) is 0 Å². The van der Waals surface area contributed by atoms with Crippen molar-refractivity contribution in [3.8, 4) is 12.3 Å². The fourth-order valence-corrected chi connectivity index (χ4v) is 1.37. The van der Waals surface area contributed by atoms with E-state index in [1.807, 2.05) is 6.92 Å². The number of ether oxygens (including phenoxy) is 1. The molecule has 0 saturated carbocycles. The largest absolute Gasteiger partial charge is 0.446 e. The molecule has 0 fully saturated rings. The first kappa shape index (κ1) is 15.4. The van der Waals surface area contributed by atoms with Gasteiger partial charge in [0.15, 0.2) is 5.60 Å². The highest BCUT2D eigenvalue weighted by Crippen LogP contribution is 2.20. The third-order valence-electron chi connectivity index (χ3n) is 2.30. The fourth-order valence-electron chi connectivity index (χ4n) is 1.37. The van der Waals surface area contributed by atoms with Crippen molar-refractivity contribution in [1.82, 2.24) is 0 Å². The molecule has 0 heterocycles. The Bertz CT molecular complexity index is 349. The highest BCUT2D eigenvalue weighted by atomic mass is 16.6. The zero-order valence-electron chi connectivity index (χ0n) is 10.8.